The molecule has 146 valence electrons. The molecule has 1 aromatic carbocycles. The number of amides is 1. The molecule has 6 heteroatoms. The zero-order valence-electron chi connectivity index (χ0n) is 15.3. The highest BCUT2D eigenvalue weighted by Gasteiger charge is 2.26. The van der Waals surface area contributed by atoms with Crippen molar-refractivity contribution in [2.24, 2.45) is 5.92 Å². The van der Waals surface area contributed by atoms with Gasteiger partial charge in [0.15, 0.2) is 0 Å². The first kappa shape index (κ1) is 21.7. The minimum Gasteiger partial charge on any atom is -0.338 e. The summed E-state index contributed by atoms with van der Waals surface area (Å²) in [5.74, 6) is 1.01. The lowest BCUT2D eigenvalue weighted by Crippen LogP contribution is -2.45. The van der Waals surface area contributed by atoms with Gasteiger partial charge < -0.3 is 10.2 Å². The van der Waals surface area contributed by atoms with Crippen LogP contribution in [0.5, 0.6) is 0 Å². The molecule has 1 N–H and O–H groups in total. The third kappa shape index (κ3) is 5.68. The molecule has 2 heterocycles. The van der Waals surface area contributed by atoms with Crippen LogP contribution in [-0.4, -0.2) is 41.5 Å². The summed E-state index contributed by atoms with van der Waals surface area (Å²) in [6, 6.07) is 12.6. The van der Waals surface area contributed by atoms with Gasteiger partial charge >= 0.3 is 0 Å². The van der Waals surface area contributed by atoms with Crippen LogP contribution in [0, 0.1) is 5.92 Å². The predicted molar refractivity (Wildman–Crippen MR) is 114 cm³/mol. The van der Waals surface area contributed by atoms with Crippen molar-refractivity contribution in [1.82, 2.24) is 15.2 Å². The third-order valence-corrected chi connectivity index (χ3v) is 5.27. The smallest absolute Gasteiger partial charge is 0.255 e. The van der Waals surface area contributed by atoms with E-state index in [0.717, 1.165) is 49.5 Å². The maximum Gasteiger partial charge on any atom is 0.255 e. The first-order valence-corrected chi connectivity index (χ1v) is 9.33. The molecule has 4 nitrogen and oxygen atoms in total. The number of hydrogen-bond donors (Lipinski definition) is 1. The molecule has 0 atom stereocenters. The number of nitrogens with zero attached hydrogens (tertiary/aromatic N) is 2. The Labute approximate surface area is 173 Å². The maximum atomic E-state index is 12.8. The number of rotatable bonds is 5. The highest BCUT2D eigenvalue weighted by Crippen LogP contribution is 2.28. The Morgan fingerprint density at radius 1 is 1.00 bits per heavy atom. The van der Waals surface area contributed by atoms with Gasteiger partial charge in [0.1, 0.15) is 0 Å². The number of carbonyl (C=O) groups is 1. The molecule has 1 amide bonds. The molecule has 27 heavy (non-hydrogen) atoms. The molecule has 1 aliphatic heterocycles. The van der Waals surface area contributed by atoms with E-state index < -0.39 is 0 Å². The largest absolute Gasteiger partial charge is 0.338 e. The van der Waals surface area contributed by atoms with Gasteiger partial charge in [-0.3, -0.25) is 9.78 Å². The van der Waals surface area contributed by atoms with E-state index in [9.17, 15) is 4.79 Å². The molecular weight excluding hydrogens is 381 g/mol. The fraction of sp³-hybridized carbons (Fsp3) is 0.429. The predicted octanol–water partition coefficient (Wildman–Crippen LogP) is 4.20. The summed E-state index contributed by atoms with van der Waals surface area (Å²) in [5, 5.41) is 3.66. The Bertz CT molecular complexity index is 729. The van der Waals surface area contributed by atoms with Gasteiger partial charge in [-0.1, -0.05) is 30.3 Å². The van der Waals surface area contributed by atoms with E-state index in [2.05, 4.69) is 10.3 Å². The molecule has 2 aromatic rings. The molecule has 0 unspecified atom stereocenters. The zero-order valence-corrected chi connectivity index (χ0v) is 17.0. The van der Waals surface area contributed by atoms with Crippen molar-refractivity contribution >= 4 is 30.7 Å². The minimum atomic E-state index is 0. The van der Waals surface area contributed by atoms with Gasteiger partial charge in [-0.05, 0) is 49.8 Å². The van der Waals surface area contributed by atoms with E-state index in [4.69, 9.17) is 0 Å². The lowest BCUT2D eigenvalue weighted by molar-refractivity contribution is 0.0704. The van der Waals surface area contributed by atoms with E-state index in [1.807, 2.05) is 47.5 Å². The molecule has 1 saturated carbocycles. The van der Waals surface area contributed by atoms with Crippen molar-refractivity contribution < 1.29 is 4.79 Å². The average molecular weight is 408 g/mol. The number of piperidine rings is 1. The number of nitrogens with one attached hydrogen (secondary N) is 1. The number of halogens is 2. The minimum absolute atomic E-state index is 0. The molecule has 0 bridgehead atoms. The van der Waals surface area contributed by atoms with Crippen molar-refractivity contribution in [3.63, 3.8) is 0 Å². The highest BCUT2D eigenvalue weighted by atomic mass is 35.5. The quantitative estimate of drug-likeness (QED) is 0.807. The number of aromatic nitrogens is 1. The van der Waals surface area contributed by atoms with Crippen LogP contribution < -0.4 is 5.32 Å². The highest BCUT2D eigenvalue weighted by molar-refractivity contribution is 5.95. The SMILES string of the molecule is Cl.Cl.O=C(c1cncc(-c2ccccc2)c1)N1CCC(NCC2CC2)CC1. The molecule has 4 rings (SSSR count). The molecule has 2 fully saturated rings. The summed E-state index contributed by atoms with van der Waals surface area (Å²) < 4.78 is 0. The molecule has 2 aliphatic rings. The molecular formula is C21H27Cl2N3O. The van der Waals surface area contributed by atoms with Crippen molar-refractivity contribution in [3.8, 4) is 11.1 Å². The van der Waals surface area contributed by atoms with E-state index in [0.29, 0.717) is 11.6 Å². The lowest BCUT2D eigenvalue weighted by atomic mass is 10.0. The summed E-state index contributed by atoms with van der Waals surface area (Å²) in [5.41, 5.74) is 2.77. The van der Waals surface area contributed by atoms with Gasteiger partial charge in [0.2, 0.25) is 0 Å². The normalized spacial score (nSPS) is 17.0. The number of carbonyl (C=O) groups excluding carboxylic acids is 1. The van der Waals surface area contributed by atoms with Crippen LogP contribution >= 0.6 is 24.8 Å². The summed E-state index contributed by atoms with van der Waals surface area (Å²) in [6.45, 7) is 2.81. The van der Waals surface area contributed by atoms with E-state index in [1.54, 1.807) is 6.20 Å². The van der Waals surface area contributed by atoms with Gasteiger partial charge in [0.25, 0.3) is 5.91 Å². The molecule has 1 aromatic heterocycles. The Morgan fingerprint density at radius 2 is 1.70 bits per heavy atom. The first-order chi connectivity index (χ1) is 12.3. The molecule has 0 radical (unpaired) electrons. The standard InChI is InChI=1S/C21H25N3O.2ClH/c25-21(24-10-8-20(9-11-24)23-13-16-6-7-16)19-12-18(14-22-15-19)17-4-2-1-3-5-17;;/h1-5,12,14-16,20,23H,6-11,13H2;2*1H. The van der Waals surface area contributed by atoms with Crippen LogP contribution in [0.2, 0.25) is 0 Å². The Morgan fingerprint density at radius 3 is 2.37 bits per heavy atom. The average Bonchev–Trinajstić information content (AvgIpc) is 3.52. The van der Waals surface area contributed by atoms with E-state index in [-0.39, 0.29) is 30.7 Å². The number of pyridine rings is 1. The second-order valence-electron chi connectivity index (χ2n) is 7.25. The zero-order chi connectivity index (χ0) is 17.1. The second-order valence-corrected chi connectivity index (χ2v) is 7.25. The second kappa shape index (κ2) is 10.1. The van der Waals surface area contributed by atoms with Crippen LogP contribution in [0.15, 0.2) is 48.8 Å². The van der Waals surface area contributed by atoms with Gasteiger partial charge in [-0.25, -0.2) is 0 Å². The van der Waals surface area contributed by atoms with Crippen LogP contribution in [0.3, 0.4) is 0 Å². The Kier molecular flexibility index (Phi) is 8.08. The van der Waals surface area contributed by atoms with Crippen molar-refractivity contribution in [2.75, 3.05) is 19.6 Å². The number of hydrogen-bond acceptors (Lipinski definition) is 3. The topological polar surface area (TPSA) is 45.2 Å². The van der Waals surface area contributed by atoms with E-state index in [1.165, 1.54) is 12.8 Å². The fourth-order valence-electron chi connectivity index (χ4n) is 3.47. The summed E-state index contributed by atoms with van der Waals surface area (Å²) >= 11 is 0. The van der Waals surface area contributed by atoms with Crippen LogP contribution in [0.4, 0.5) is 0 Å². The van der Waals surface area contributed by atoms with Crippen molar-refractivity contribution in [2.45, 2.75) is 31.7 Å². The first-order valence-electron chi connectivity index (χ1n) is 9.33. The monoisotopic (exact) mass is 407 g/mol. The molecule has 1 aliphatic carbocycles. The third-order valence-electron chi connectivity index (χ3n) is 5.27. The van der Waals surface area contributed by atoms with Gasteiger partial charge in [0, 0.05) is 37.1 Å². The number of likely N-dealkylation sites (tertiary alicyclic amines) is 1. The summed E-state index contributed by atoms with van der Waals surface area (Å²) in [6.07, 6.45) is 8.37. The number of benzene rings is 1. The molecule has 1 saturated heterocycles. The Balaban J connectivity index is 0.00000131. The van der Waals surface area contributed by atoms with Crippen molar-refractivity contribution in [1.29, 1.82) is 0 Å². The summed E-state index contributed by atoms with van der Waals surface area (Å²) in [4.78, 5) is 19.1. The lowest BCUT2D eigenvalue weighted by Gasteiger charge is -2.32. The van der Waals surface area contributed by atoms with Crippen LogP contribution in [0.1, 0.15) is 36.0 Å². The molecule has 0 spiro atoms. The summed E-state index contributed by atoms with van der Waals surface area (Å²) in [7, 11) is 0. The maximum absolute atomic E-state index is 12.8. The Hall–Kier alpha value is -1.62. The fourth-order valence-corrected chi connectivity index (χ4v) is 3.47. The van der Waals surface area contributed by atoms with Gasteiger partial charge in [-0.2, -0.15) is 0 Å². The van der Waals surface area contributed by atoms with Crippen molar-refractivity contribution in [3.05, 3.63) is 54.4 Å². The van der Waals surface area contributed by atoms with Gasteiger partial charge in [0.05, 0.1) is 5.56 Å². The van der Waals surface area contributed by atoms with Gasteiger partial charge in [-0.15, -0.1) is 24.8 Å². The van der Waals surface area contributed by atoms with E-state index >= 15 is 0 Å². The van der Waals surface area contributed by atoms with Crippen LogP contribution in [0.25, 0.3) is 11.1 Å². The van der Waals surface area contributed by atoms with Crippen LogP contribution in [-0.2, 0) is 0 Å².